The molecule has 2 N–H and O–H groups in total. The molecule has 182 valence electrons. The van der Waals surface area contributed by atoms with Crippen molar-refractivity contribution in [2.45, 2.75) is 48.1 Å². The first-order valence-corrected chi connectivity index (χ1v) is 13.3. The zero-order valence-electron chi connectivity index (χ0n) is 18.8. The van der Waals surface area contributed by atoms with Crippen LogP contribution in [0.2, 0.25) is 5.02 Å². The van der Waals surface area contributed by atoms with Crippen LogP contribution in [-0.2, 0) is 23.3 Å². The van der Waals surface area contributed by atoms with Crippen molar-refractivity contribution in [3.8, 4) is 0 Å². The molecule has 1 aromatic carbocycles. The third-order valence-electron chi connectivity index (χ3n) is 7.10. The van der Waals surface area contributed by atoms with Crippen molar-refractivity contribution in [3.63, 3.8) is 0 Å². The first-order chi connectivity index (χ1) is 16.2. The smallest absolute Gasteiger partial charge is 0.272 e. The molecule has 5 rings (SSSR count). The Morgan fingerprint density at radius 3 is 2.56 bits per heavy atom. The number of aliphatic hydroxyl groups excluding tert-OH is 1. The molecule has 0 unspecified atom stereocenters. The average molecular weight is 507 g/mol. The van der Waals surface area contributed by atoms with Crippen LogP contribution in [0.5, 0.6) is 0 Å². The van der Waals surface area contributed by atoms with Crippen molar-refractivity contribution < 1.29 is 23.1 Å². The zero-order chi connectivity index (χ0) is 24.3. The number of aromatic nitrogens is 2. The van der Waals surface area contributed by atoms with Crippen LogP contribution in [0.3, 0.4) is 0 Å². The predicted octanol–water partition coefficient (Wildman–Crippen LogP) is 1.64. The van der Waals surface area contributed by atoms with Crippen molar-refractivity contribution in [2.24, 2.45) is 7.05 Å². The van der Waals surface area contributed by atoms with E-state index in [0.717, 1.165) is 0 Å². The second-order valence-corrected chi connectivity index (χ2v) is 12.5. The maximum absolute atomic E-state index is 13.3. The van der Waals surface area contributed by atoms with Gasteiger partial charge in [0.2, 0.25) is 0 Å². The third kappa shape index (κ3) is 3.91. The van der Waals surface area contributed by atoms with E-state index < -0.39 is 26.5 Å². The van der Waals surface area contributed by atoms with Crippen LogP contribution in [0.4, 0.5) is 0 Å². The molecule has 9 nitrogen and oxygen atoms in total. The second kappa shape index (κ2) is 8.35. The Labute approximate surface area is 203 Å². The molecule has 2 saturated carbocycles. The number of aryl methyl sites for hydroxylation is 1. The van der Waals surface area contributed by atoms with Gasteiger partial charge in [0.1, 0.15) is 5.69 Å². The van der Waals surface area contributed by atoms with Gasteiger partial charge in [0, 0.05) is 30.7 Å². The molecular weight excluding hydrogens is 480 g/mol. The van der Waals surface area contributed by atoms with Crippen molar-refractivity contribution in [2.75, 3.05) is 19.7 Å². The summed E-state index contributed by atoms with van der Waals surface area (Å²) >= 11 is 5.92. The number of fused-ring (bicyclic) bond motifs is 1. The van der Waals surface area contributed by atoms with Crippen LogP contribution < -0.4 is 5.32 Å². The zero-order valence-corrected chi connectivity index (χ0v) is 20.4. The molecule has 0 radical (unpaired) electrons. The fourth-order valence-corrected chi connectivity index (χ4v) is 7.41. The average Bonchev–Trinajstić information content (AvgIpc) is 3.73. The van der Waals surface area contributed by atoms with E-state index in [9.17, 15) is 23.1 Å². The number of carbonyl (C=O) groups is 2. The van der Waals surface area contributed by atoms with Gasteiger partial charge in [-0.15, -0.1) is 0 Å². The number of nitrogens with zero attached hydrogens (tertiary/aromatic N) is 3. The van der Waals surface area contributed by atoms with Crippen LogP contribution in [0.25, 0.3) is 0 Å². The van der Waals surface area contributed by atoms with Crippen LogP contribution in [0.15, 0.2) is 24.3 Å². The SMILES string of the molecule is Cn1nc(C(=O)N[C@@H](CO)c2ccc(Cl)cc2)c2c1C(=O)N(CC1(S(=O)(=O)C3CC3)CC1)CC2. The summed E-state index contributed by atoms with van der Waals surface area (Å²) < 4.78 is 26.4. The molecule has 2 heterocycles. The van der Waals surface area contributed by atoms with Crippen LogP contribution in [-0.4, -0.2) is 69.7 Å². The van der Waals surface area contributed by atoms with Crippen molar-refractivity contribution >= 4 is 33.3 Å². The molecule has 0 spiro atoms. The number of carbonyl (C=O) groups excluding carboxylic acids is 2. The standard InChI is InChI=1S/C23H27ClN4O5S/c1-27-20-17(19(26-27)21(30)25-18(12-29)14-2-4-15(24)5-3-14)8-11-28(22(20)31)13-23(9-10-23)34(32,33)16-6-7-16/h2-5,16,18,29H,6-13H2,1H3,(H,25,30)/t18-/m0/s1. The number of hydrogen-bond acceptors (Lipinski definition) is 6. The summed E-state index contributed by atoms with van der Waals surface area (Å²) in [5.74, 6) is -0.786. The Kier molecular flexibility index (Phi) is 5.73. The Morgan fingerprint density at radius 1 is 1.29 bits per heavy atom. The summed E-state index contributed by atoms with van der Waals surface area (Å²) in [7, 11) is -1.63. The highest BCUT2D eigenvalue weighted by atomic mass is 35.5. The molecule has 2 amide bonds. The minimum Gasteiger partial charge on any atom is -0.394 e. The Bertz CT molecular complexity index is 1250. The van der Waals surface area contributed by atoms with Crippen molar-refractivity contribution in [1.29, 1.82) is 0 Å². The highest BCUT2D eigenvalue weighted by Gasteiger charge is 2.60. The van der Waals surface area contributed by atoms with E-state index >= 15 is 0 Å². The molecule has 2 aliphatic carbocycles. The highest BCUT2D eigenvalue weighted by Crippen LogP contribution is 2.50. The summed E-state index contributed by atoms with van der Waals surface area (Å²) in [4.78, 5) is 28.0. The molecule has 0 bridgehead atoms. The lowest BCUT2D eigenvalue weighted by Crippen LogP contribution is -2.46. The molecule has 11 heteroatoms. The van der Waals surface area contributed by atoms with Gasteiger partial charge in [-0.25, -0.2) is 8.42 Å². The first-order valence-electron chi connectivity index (χ1n) is 11.4. The maximum Gasteiger partial charge on any atom is 0.272 e. The number of hydrogen-bond donors (Lipinski definition) is 2. The van der Waals surface area contributed by atoms with Crippen LogP contribution in [0.1, 0.15) is 63.8 Å². The number of rotatable bonds is 8. The first kappa shape index (κ1) is 23.3. The molecule has 3 aliphatic rings. The van der Waals surface area contributed by atoms with Crippen molar-refractivity contribution in [1.82, 2.24) is 20.0 Å². The maximum atomic E-state index is 13.3. The Balaban J connectivity index is 1.34. The summed E-state index contributed by atoms with van der Waals surface area (Å²) in [6.45, 7) is 0.215. The van der Waals surface area contributed by atoms with Gasteiger partial charge in [0.05, 0.1) is 22.6 Å². The normalized spacial score (nSPS) is 20.1. The van der Waals surface area contributed by atoms with Gasteiger partial charge in [-0.05, 0) is 49.8 Å². The summed E-state index contributed by atoms with van der Waals surface area (Å²) in [5.41, 5.74) is 1.69. The third-order valence-corrected chi connectivity index (χ3v) is 10.4. The van der Waals surface area contributed by atoms with E-state index in [1.54, 1.807) is 36.2 Å². The number of nitrogens with one attached hydrogen (secondary N) is 1. The fraction of sp³-hybridized carbons (Fsp3) is 0.522. The van der Waals surface area contributed by atoms with E-state index in [0.29, 0.717) is 60.5 Å². The van der Waals surface area contributed by atoms with Gasteiger partial charge < -0.3 is 15.3 Å². The molecular formula is C23H27ClN4O5S. The van der Waals surface area contributed by atoms with Crippen LogP contribution in [0, 0.1) is 0 Å². The number of amides is 2. The Morgan fingerprint density at radius 2 is 1.97 bits per heavy atom. The monoisotopic (exact) mass is 506 g/mol. The second-order valence-electron chi connectivity index (χ2n) is 9.46. The van der Waals surface area contributed by atoms with E-state index in [1.165, 1.54) is 4.68 Å². The quantitative estimate of drug-likeness (QED) is 0.561. The molecule has 1 aromatic heterocycles. The highest BCUT2D eigenvalue weighted by molar-refractivity contribution is 7.94. The number of benzene rings is 1. The minimum atomic E-state index is -3.23. The summed E-state index contributed by atoms with van der Waals surface area (Å²) in [6.07, 6.45) is 3.02. The number of aliphatic hydroxyl groups is 1. The molecule has 2 fully saturated rings. The van der Waals surface area contributed by atoms with Gasteiger partial charge >= 0.3 is 0 Å². The molecule has 34 heavy (non-hydrogen) atoms. The van der Waals surface area contributed by atoms with Gasteiger partial charge in [-0.3, -0.25) is 14.3 Å². The van der Waals surface area contributed by atoms with Crippen molar-refractivity contribution in [3.05, 3.63) is 51.8 Å². The minimum absolute atomic E-state index is 0.143. The number of sulfone groups is 1. The summed E-state index contributed by atoms with van der Waals surface area (Å²) in [6, 6.07) is 6.15. The topological polar surface area (TPSA) is 122 Å². The Hall–Kier alpha value is -2.43. The van der Waals surface area contributed by atoms with E-state index in [2.05, 4.69) is 10.4 Å². The van der Waals surface area contributed by atoms with E-state index in [-0.39, 0.29) is 30.0 Å². The predicted molar refractivity (Wildman–Crippen MR) is 125 cm³/mol. The van der Waals surface area contributed by atoms with Gasteiger partial charge in [0.25, 0.3) is 11.8 Å². The lowest BCUT2D eigenvalue weighted by molar-refractivity contribution is 0.0724. The fourth-order valence-electron chi connectivity index (χ4n) is 4.81. The summed E-state index contributed by atoms with van der Waals surface area (Å²) in [5, 5.41) is 17.2. The lowest BCUT2D eigenvalue weighted by Gasteiger charge is -2.31. The van der Waals surface area contributed by atoms with Gasteiger partial charge in [-0.2, -0.15) is 5.10 Å². The molecule has 2 aromatic rings. The molecule has 1 aliphatic heterocycles. The van der Waals surface area contributed by atoms with Gasteiger partial charge in [0.15, 0.2) is 15.5 Å². The lowest BCUT2D eigenvalue weighted by atomic mass is 10.0. The molecule has 1 atom stereocenters. The van der Waals surface area contributed by atoms with Gasteiger partial charge in [-0.1, -0.05) is 23.7 Å². The largest absolute Gasteiger partial charge is 0.394 e. The van der Waals surface area contributed by atoms with E-state index in [1.807, 2.05) is 0 Å². The van der Waals surface area contributed by atoms with E-state index in [4.69, 9.17) is 11.6 Å². The van der Waals surface area contributed by atoms with Crippen LogP contribution >= 0.6 is 11.6 Å². The number of halogens is 1. The molecule has 0 saturated heterocycles.